The number of nitrogens with zero attached hydrogens (tertiary/aromatic N) is 3. The first-order valence-corrected chi connectivity index (χ1v) is 9.38. The summed E-state index contributed by atoms with van der Waals surface area (Å²) < 4.78 is 14.8. The lowest BCUT2D eigenvalue weighted by Crippen LogP contribution is -2.37. The first-order valence-electron chi connectivity index (χ1n) is 8.50. The molecule has 0 saturated heterocycles. The summed E-state index contributed by atoms with van der Waals surface area (Å²) in [5.41, 5.74) is 1.55. The minimum atomic E-state index is -1.67. The van der Waals surface area contributed by atoms with Gasteiger partial charge in [-0.15, -0.1) is 11.3 Å². The van der Waals surface area contributed by atoms with Crippen molar-refractivity contribution in [1.82, 2.24) is 15.0 Å². The molecule has 0 spiro atoms. The van der Waals surface area contributed by atoms with E-state index in [1.807, 2.05) is 12.1 Å². The Morgan fingerprint density at radius 2 is 1.88 bits per heavy atom. The van der Waals surface area contributed by atoms with Gasteiger partial charge >= 0.3 is 0 Å². The summed E-state index contributed by atoms with van der Waals surface area (Å²) >= 11 is 1.52. The number of hydrogen-bond acceptors (Lipinski definition) is 5. The van der Waals surface area contributed by atoms with Crippen molar-refractivity contribution in [2.45, 2.75) is 44.2 Å². The number of carbonyl (C=O) groups excluding carboxylic acids is 1. The maximum absolute atomic E-state index is 14.8. The minimum absolute atomic E-state index is 0.0463. The molecule has 0 unspecified atom stereocenters. The molecule has 3 aromatic rings. The number of halogens is 1. The van der Waals surface area contributed by atoms with E-state index in [0.29, 0.717) is 18.5 Å². The third kappa shape index (κ3) is 3.31. The number of fused-ring (bicyclic) bond motifs is 1. The highest BCUT2D eigenvalue weighted by atomic mass is 32.1. The van der Waals surface area contributed by atoms with Crippen molar-refractivity contribution < 1.29 is 9.18 Å². The van der Waals surface area contributed by atoms with Crippen molar-refractivity contribution in [3.63, 3.8) is 0 Å². The van der Waals surface area contributed by atoms with E-state index in [4.69, 9.17) is 0 Å². The third-order valence-corrected chi connectivity index (χ3v) is 5.63. The van der Waals surface area contributed by atoms with E-state index in [1.165, 1.54) is 11.3 Å². The molecule has 0 amide bonds. The molecule has 4 nitrogen and oxygen atoms in total. The van der Waals surface area contributed by atoms with Gasteiger partial charge < -0.3 is 0 Å². The van der Waals surface area contributed by atoms with Crippen molar-refractivity contribution in [2.75, 3.05) is 0 Å². The Bertz CT molecular complexity index is 904. The number of Topliss-reactive ketones (excluding diaryl/α,β-unsaturated/α-hetero) is 1. The van der Waals surface area contributed by atoms with E-state index in [-0.39, 0.29) is 12.2 Å². The topological polar surface area (TPSA) is 55.7 Å². The predicted molar refractivity (Wildman–Crippen MR) is 96.3 cm³/mol. The molecule has 1 saturated carbocycles. The lowest BCUT2D eigenvalue weighted by Gasteiger charge is -2.27. The van der Waals surface area contributed by atoms with E-state index in [9.17, 15) is 9.18 Å². The highest BCUT2D eigenvalue weighted by molar-refractivity contribution is 7.13. The number of rotatable bonds is 4. The van der Waals surface area contributed by atoms with E-state index >= 15 is 0 Å². The lowest BCUT2D eigenvalue weighted by molar-refractivity contribution is -0.132. The van der Waals surface area contributed by atoms with Crippen LogP contribution in [0.15, 0.2) is 36.2 Å². The second kappa shape index (κ2) is 6.59. The number of carbonyl (C=O) groups is 1. The molecule has 0 atom stereocenters. The van der Waals surface area contributed by atoms with Crippen molar-refractivity contribution in [1.29, 1.82) is 0 Å². The molecule has 1 fully saturated rings. The van der Waals surface area contributed by atoms with Crippen LogP contribution in [0.4, 0.5) is 4.39 Å². The van der Waals surface area contributed by atoms with Crippen LogP contribution in [-0.2, 0) is 11.2 Å². The maximum atomic E-state index is 14.8. The number of pyridine rings is 2. The summed E-state index contributed by atoms with van der Waals surface area (Å²) in [5.74, 6) is -0.337. The van der Waals surface area contributed by atoms with Crippen LogP contribution in [0.25, 0.3) is 21.3 Å². The molecular formula is C19H18FN3OS. The molecule has 4 rings (SSSR count). The zero-order chi connectivity index (χ0) is 17.3. The zero-order valence-electron chi connectivity index (χ0n) is 13.7. The summed E-state index contributed by atoms with van der Waals surface area (Å²) in [4.78, 5) is 26.3. The smallest absolute Gasteiger partial charge is 0.175 e. The third-order valence-electron chi connectivity index (χ3n) is 4.83. The van der Waals surface area contributed by atoms with Crippen molar-refractivity contribution in [3.8, 4) is 10.6 Å². The summed E-state index contributed by atoms with van der Waals surface area (Å²) in [6.07, 6.45) is 8.58. The van der Waals surface area contributed by atoms with Gasteiger partial charge in [0, 0.05) is 29.7 Å². The average molecular weight is 355 g/mol. The second-order valence-corrected chi connectivity index (χ2v) is 7.47. The standard InChI is InChI=1S/C19H18FN3OS/c20-19(4-2-1-3-5-19)18(24)8-15-6-13-7-16(17-11-21-12-25-17)23-10-14(13)9-22-15/h6-7,9-12H,1-5,8H2. The molecule has 128 valence electrons. The molecule has 3 heterocycles. The Balaban J connectivity index is 1.60. The van der Waals surface area contributed by atoms with Crippen molar-refractivity contribution in [2.24, 2.45) is 0 Å². The van der Waals surface area contributed by atoms with E-state index in [0.717, 1.165) is 40.6 Å². The quantitative estimate of drug-likeness (QED) is 0.689. The van der Waals surface area contributed by atoms with Gasteiger partial charge in [-0.1, -0.05) is 6.42 Å². The van der Waals surface area contributed by atoms with E-state index in [1.54, 1.807) is 24.1 Å². The fourth-order valence-electron chi connectivity index (χ4n) is 3.37. The minimum Gasteiger partial charge on any atom is -0.296 e. The Kier molecular flexibility index (Phi) is 4.29. The van der Waals surface area contributed by atoms with Gasteiger partial charge in [0.2, 0.25) is 0 Å². The molecular weight excluding hydrogens is 337 g/mol. The second-order valence-electron chi connectivity index (χ2n) is 6.58. The van der Waals surface area contributed by atoms with Gasteiger partial charge in [0.05, 0.1) is 22.5 Å². The molecule has 1 aliphatic carbocycles. The predicted octanol–water partition coefficient (Wildman–Crippen LogP) is 4.54. The summed E-state index contributed by atoms with van der Waals surface area (Å²) in [6, 6.07) is 3.83. The van der Waals surface area contributed by atoms with Crippen LogP contribution in [0.5, 0.6) is 0 Å². The van der Waals surface area contributed by atoms with Gasteiger partial charge in [-0.2, -0.15) is 0 Å². The largest absolute Gasteiger partial charge is 0.296 e. The van der Waals surface area contributed by atoms with Crippen molar-refractivity contribution >= 4 is 27.9 Å². The SMILES string of the molecule is O=C(Cc1cc2cc(-c3cncs3)ncc2cn1)C1(F)CCCCC1. The van der Waals surface area contributed by atoms with Crippen LogP contribution in [0.2, 0.25) is 0 Å². The Labute approximate surface area is 149 Å². The summed E-state index contributed by atoms with van der Waals surface area (Å²) in [7, 11) is 0. The molecule has 3 aromatic heterocycles. The molecule has 1 aliphatic rings. The number of ketones is 1. The molecule has 0 aromatic carbocycles. The first kappa shape index (κ1) is 16.3. The van der Waals surface area contributed by atoms with E-state index < -0.39 is 5.67 Å². The molecule has 25 heavy (non-hydrogen) atoms. The van der Waals surface area contributed by atoms with Gasteiger partial charge in [0.15, 0.2) is 11.5 Å². The van der Waals surface area contributed by atoms with Crippen LogP contribution >= 0.6 is 11.3 Å². The van der Waals surface area contributed by atoms with Gasteiger partial charge in [-0.3, -0.25) is 19.7 Å². The number of alkyl halides is 1. The molecule has 0 radical (unpaired) electrons. The monoisotopic (exact) mass is 355 g/mol. The molecule has 0 aliphatic heterocycles. The fourth-order valence-corrected chi connectivity index (χ4v) is 3.96. The summed E-state index contributed by atoms with van der Waals surface area (Å²) in [5, 5.41) is 1.85. The van der Waals surface area contributed by atoms with Crippen LogP contribution in [0.1, 0.15) is 37.8 Å². The van der Waals surface area contributed by atoms with Gasteiger partial charge in [-0.25, -0.2) is 4.39 Å². The summed E-state index contributed by atoms with van der Waals surface area (Å²) in [6.45, 7) is 0. The molecule has 6 heteroatoms. The van der Waals surface area contributed by atoms with Gasteiger partial charge in [-0.05, 0) is 43.2 Å². The normalized spacial score (nSPS) is 16.8. The molecule has 0 N–H and O–H groups in total. The van der Waals surface area contributed by atoms with Crippen LogP contribution in [-0.4, -0.2) is 26.4 Å². The van der Waals surface area contributed by atoms with Gasteiger partial charge in [0.1, 0.15) is 0 Å². The number of thiazole rings is 1. The highest BCUT2D eigenvalue weighted by Crippen LogP contribution is 2.33. The number of hydrogen-bond donors (Lipinski definition) is 0. The molecule has 0 bridgehead atoms. The van der Waals surface area contributed by atoms with Crippen molar-refractivity contribution in [3.05, 3.63) is 41.9 Å². The van der Waals surface area contributed by atoms with Crippen LogP contribution < -0.4 is 0 Å². The zero-order valence-corrected chi connectivity index (χ0v) is 14.6. The average Bonchev–Trinajstić information content (AvgIpc) is 3.16. The van der Waals surface area contributed by atoms with E-state index in [2.05, 4.69) is 15.0 Å². The Morgan fingerprint density at radius 1 is 1.08 bits per heavy atom. The fraction of sp³-hybridized carbons (Fsp3) is 0.368. The maximum Gasteiger partial charge on any atom is 0.175 e. The lowest BCUT2D eigenvalue weighted by atomic mass is 9.82. The van der Waals surface area contributed by atoms with Gasteiger partial charge in [0.25, 0.3) is 0 Å². The van der Waals surface area contributed by atoms with Crippen LogP contribution in [0.3, 0.4) is 0 Å². The number of aromatic nitrogens is 3. The highest BCUT2D eigenvalue weighted by Gasteiger charge is 2.39. The first-order chi connectivity index (χ1) is 12.1. The Hall–Kier alpha value is -2.21. The van der Waals surface area contributed by atoms with Crippen LogP contribution in [0, 0.1) is 0 Å². The Morgan fingerprint density at radius 3 is 2.64 bits per heavy atom.